The number of carbonyl (C=O) groups is 1. The molecule has 11 heteroatoms. The van der Waals surface area contributed by atoms with Gasteiger partial charge in [-0.15, -0.1) is 0 Å². The van der Waals surface area contributed by atoms with Gasteiger partial charge in [0.25, 0.3) is 0 Å². The molecule has 3 N–H and O–H groups in total. The maximum atomic E-state index is 13.0. The SMILES string of the molecule is Cc1ccc(NC(=O)Nc2ccc(Oc3cc(N(C)CCO)ncn3)cc2)cc1C(F)(F)F. The zero-order valence-electron chi connectivity index (χ0n) is 17.8. The number of benzene rings is 2. The zero-order chi connectivity index (χ0) is 24.0. The number of aliphatic hydroxyl groups excluding tert-OH is 1. The number of anilines is 3. The van der Waals surface area contributed by atoms with E-state index in [0.717, 1.165) is 6.07 Å². The van der Waals surface area contributed by atoms with Crippen LogP contribution in [0.5, 0.6) is 11.6 Å². The van der Waals surface area contributed by atoms with Gasteiger partial charge in [-0.2, -0.15) is 13.2 Å². The molecule has 0 atom stereocenters. The number of halogens is 3. The van der Waals surface area contributed by atoms with Crippen LogP contribution in [0.15, 0.2) is 54.9 Å². The number of alkyl halides is 3. The number of amides is 2. The first-order valence-corrected chi connectivity index (χ1v) is 9.83. The molecule has 3 rings (SSSR count). The smallest absolute Gasteiger partial charge is 0.416 e. The number of aliphatic hydroxyl groups is 1. The van der Waals surface area contributed by atoms with Gasteiger partial charge in [0.2, 0.25) is 5.88 Å². The summed E-state index contributed by atoms with van der Waals surface area (Å²) in [6.45, 7) is 1.73. The number of nitrogens with one attached hydrogen (secondary N) is 2. The highest BCUT2D eigenvalue weighted by Gasteiger charge is 2.32. The third-order valence-electron chi connectivity index (χ3n) is 4.59. The summed E-state index contributed by atoms with van der Waals surface area (Å²) < 4.78 is 44.8. The van der Waals surface area contributed by atoms with Crippen molar-refractivity contribution in [2.75, 3.05) is 35.7 Å². The highest BCUT2D eigenvalue weighted by atomic mass is 19.4. The molecule has 8 nitrogen and oxygen atoms in total. The Balaban J connectivity index is 1.61. The van der Waals surface area contributed by atoms with Crippen molar-refractivity contribution in [2.24, 2.45) is 0 Å². The molecule has 1 heterocycles. The summed E-state index contributed by atoms with van der Waals surface area (Å²) in [4.78, 5) is 22.1. The Morgan fingerprint density at radius 3 is 2.39 bits per heavy atom. The normalized spacial score (nSPS) is 11.1. The lowest BCUT2D eigenvalue weighted by Gasteiger charge is -2.16. The number of aromatic nitrogens is 2. The van der Waals surface area contributed by atoms with Crippen LogP contribution in [0.25, 0.3) is 0 Å². The summed E-state index contributed by atoms with van der Waals surface area (Å²) in [5, 5.41) is 14.0. The highest BCUT2D eigenvalue weighted by molar-refractivity contribution is 5.99. The first kappa shape index (κ1) is 23.8. The third kappa shape index (κ3) is 6.56. The molecular weight excluding hydrogens is 439 g/mol. The standard InChI is InChI=1S/C22H22F3N5O3/c1-14-3-4-16(11-18(14)22(23,24)25)29-21(32)28-15-5-7-17(8-6-15)33-20-12-19(26-13-27-20)30(2)9-10-31/h3-8,11-13,31H,9-10H2,1-2H3,(H2,28,29,32). The van der Waals surface area contributed by atoms with E-state index in [-0.39, 0.29) is 17.9 Å². The van der Waals surface area contributed by atoms with Crippen LogP contribution < -0.4 is 20.3 Å². The molecular formula is C22H22F3N5O3. The molecule has 0 aliphatic heterocycles. The molecule has 0 bridgehead atoms. The minimum Gasteiger partial charge on any atom is -0.439 e. The number of ether oxygens (including phenoxy) is 1. The maximum Gasteiger partial charge on any atom is 0.416 e. The van der Waals surface area contributed by atoms with Crippen molar-refractivity contribution in [1.29, 1.82) is 0 Å². The van der Waals surface area contributed by atoms with Crippen molar-refractivity contribution in [3.05, 3.63) is 66.0 Å². The van der Waals surface area contributed by atoms with Gasteiger partial charge in [-0.05, 0) is 48.9 Å². The van der Waals surface area contributed by atoms with Crippen LogP contribution in [-0.4, -0.2) is 41.3 Å². The van der Waals surface area contributed by atoms with Crippen molar-refractivity contribution in [3.63, 3.8) is 0 Å². The monoisotopic (exact) mass is 461 g/mol. The minimum atomic E-state index is -4.51. The lowest BCUT2D eigenvalue weighted by molar-refractivity contribution is -0.138. The molecule has 0 aliphatic carbocycles. The number of rotatable bonds is 7. The van der Waals surface area contributed by atoms with Gasteiger partial charge >= 0.3 is 12.2 Å². The van der Waals surface area contributed by atoms with E-state index in [4.69, 9.17) is 9.84 Å². The lowest BCUT2D eigenvalue weighted by atomic mass is 10.1. The molecule has 0 spiro atoms. The van der Waals surface area contributed by atoms with Gasteiger partial charge < -0.3 is 25.4 Å². The topological polar surface area (TPSA) is 99.6 Å². The first-order chi connectivity index (χ1) is 15.7. The molecule has 0 unspecified atom stereocenters. The Labute approximate surface area is 188 Å². The number of urea groups is 1. The first-order valence-electron chi connectivity index (χ1n) is 9.83. The molecule has 0 aliphatic rings. The zero-order valence-corrected chi connectivity index (χ0v) is 17.8. The van der Waals surface area contributed by atoms with E-state index in [1.165, 1.54) is 25.4 Å². The van der Waals surface area contributed by atoms with Crippen molar-refractivity contribution in [3.8, 4) is 11.6 Å². The van der Waals surface area contributed by atoms with Gasteiger partial charge in [-0.25, -0.2) is 14.8 Å². The summed E-state index contributed by atoms with van der Waals surface area (Å²) in [6, 6.07) is 10.9. The minimum absolute atomic E-state index is 0.0217. The second kappa shape index (κ2) is 10.2. The second-order valence-electron chi connectivity index (χ2n) is 7.09. The van der Waals surface area contributed by atoms with Crippen LogP contribution in [0, 0.1) is 6.92 Å². The number of nitrogens with zero attached hydrogens (tertiary/aromatic N) is 3. The number of likely N-dealkylation sites (N-methyl/N-ethyl adjacent to an activating group) is 1. The summed E-state index contributed by atoms with van der Waals surface area (Å²) in [7, 11) is 1.77. The molecule has 174 valence electrons. The Morgan fingerprint density at radius 2 is 1.73 bits per heavy atom. The molecule has 3 aromatic rings. The molecule has 33 heavy (non-hydrogen) atoms. The number of hydrogen-bond donors (Lipinski definition) is 3. The summed E-state index contributed by atoms with van der Waals surface area (Å²) in [5.41, 5.74) is -0.303. The molecule has 0 fully saturated rings. The van der Waals surface area contributed by atoms with Crippen LogP contribution in [0.1, 0.15) is 11.1 Å². The van der Waals surface area contributed by atoms with Gasteiger partial charge in [0.1, 0.15) is 17.9 Å². The summed E-state index contributed by atoms with van der Waals surface area (Å²) in [6.07, 6.45) is -3.17. The fraction of sp³-hybridized carbons (Fsp3) is 0.227. The van der Waals surface area contributed by atoms with E-state index in [1.54, 1.807) is 42.3 Å². The van der Waals surface area contributed by atoms with E-state index < -0.39 is 17.8 Å². The fourth-order valence-electron chi connectivity index (χ4n) is 2.88. The van der Waals surface area contributed by atoms with Gasteiger partial charge in [0.15, 0.2) is 0 Å². The van der Waals surface area contributed by atoms with Crippen molar-refractivity contribution in [1.82, 2.24) is 9.97 Å². The average Bonchev–Trinajstić information content (AvgIpc) is 2.76. The highest BCUT2D eigenvalue weighted by Crippen LogP contribution is 2.33. The van der Waals surface area contributed by atoms with Crippen LogP contribution in [0.3, 0.4) is 0 Å². The van der Waals surface area contributed by atoms with E-state index in [9.17, 15) is 18.0 Å². The van der Waals surface area contributed by atoms with Crippen molar-refractivity contribution in [2.45, 2.75) is 13.1 Å². The van der Waals surface area contributed by atoms with Gasteiger partial charge in [0.05, 0.1) is 12.2 Å². The summed E-state index contributed by atoms with van der Waals surface area (Å²) in [5.74, 6) is 1.32. The second-order valence-corrected chi connectivity index (χ2v) is 7.09. The number of hydrogen-bond acceptors (Lipinski definition) is 6. The van der Waals surface area contributed by atoms with Gasteiger partial charge in [-0.3, -0.25) is 0 Å². The summed E-state index contributed by atoms with van der Waals surface area (Å²) >= 11 is 0. The molecule has 1 aromatic heterocycles. The Hall–Kier alpha value is -3.86. The Morgan fingerprint density at radius 1 is 1.06 bits per heavy atom. The van der Waals surface area contributed by atoms with Crippen LogP contribution in [0.4, 0.5) is 35.2 Å². The van der Waals surface area contributed by atoms with E-state index in [1.807, 2.05) is 0 Å². The maximum absolute atomic E-state index is 13.0. The predicted molar refractivity (Wildman–Crippen MR) is 118 cm³/mol. The largest absolute Gasteiger partial charge is 0.439 e. The van der Waals surface area contributed by atoms with Crippen LogP contribution >= 0.6 is 0 Å². The molecule has 0 saturated heterocycles. The Bertz CT molecular complexity index is 1110. The third-order valence-corrected chi connectivity index (χ3v) is 4.59. The molecule has 0 saturated carbocycles. The van der Waals surface area contributed by atoms with E-state index in [2.05, 4.69) is 20.6 Å². The van der Waals surface area contributed by atoms with E-state index in [0.29, 0.717) is 29.7 Å². The van der Waals surface area contributed by atoms with Crippen LogP contribution in [-0.2, 0) is 6.18 Å². The van der Waals surface area contributed by atoms with Gasteiger partial charge in [0, 0.05) is 31.0 Å². The quantitative estimate of drug-likeness (QED) is 0.473. The average molecular weight is 461 g/mol. The van der Waals surface area contributed by atoms with Gasteiger partial charge in [-0.1, -0.05) is 6.07 Å². The molecule has 2 aromatic carbocycles. The fourth-order valence-corrected chi connectivity index (χ4v) is 2.88. The number of carbonyl (C=O) groups excluding carboxylic acids is 1. The van der Waals surface area contributed by atoms with Crippen molar-refractivity contribution >= 4 is 23.2 Å². The van der Waals surface area contributed by atoms with Crippen LogP contribution in [0.2, 0.25) is 0 Å². The molecule has 0 radical (unpaired) electrons. The van der Waals surface area contributed by atoms with Crippen molar-refractivity contribution < 1.29 is 27.8 Å². The Kier molecular flexibility index (Phi) is 7.34. The number of aryl methyl sites for hydroxylation is 1. The van der Waals surface area contributed by atoms with E-state index >= 15 is 0 Å². The molecule has 2 amide bonds. The predicted octanol–water partition coefficient (Wildman–Crippen LogP) is 4.67. The lowest BCUT2D eigenvalue weighted by Crippen LogP contribution is -2.22.